The fourth-order valence-corrected chi connectivity index (χ4v) is 2.72. The first kappa shape index (κ1) is 21.9. The maximum Gasteiger partial charge on any atom is 0.227 e. The van der Waals surface area contributed by atoms with Gasteiger partial charge in [0.15, 0.2) is 0 Å². The second-order valence-corrected chi connectivity index (χ2v) is 6.23. The number of ether oxygens (including phenoxy) is 2. The largest absolute Gasteiger partial charge is 0.379 e. The van der Waals surface area contributed by atoms with Crippen LogP contribution in [-0.4, -0.2) is 38.8 Å². The van der Waals surface area contributed by atoms with Crippen molar-refractivity contribution in [2.24, 2.45) is 5.92 Å². The molecule has 0 radical (unpaired) electrons. The maximum atomic E-state index is 12.3. The Kier molecular flexibility index (Phi) is 11.5. The minimum atomic E-state index is 0. The molecule has 0 unspecified atom stereocenters. The molecule has 1 aliphatic rings. The summed E-state index contributed by atoms with van der Waals surface area (Å²) in [6.07, 6.45) is 4.06. The van der Waals surface area contributed by atoms with E-state index in [0.717, 1.165) is 56.6 Å². The lowest BCUT2D eigenvalue weighted by Crippen LogP contribution is -2.34. The van der Waals surface area contributed by atoms with E-state index in [1.165, 1.54) is 0 Å². The molecule has 0 aliphatic carbocycles. The van der Waals surface area contributed by atoms with Crippen LogP contribution in [0.3, 0.4) is 0 Å². The highest BCUT2D eigenvalue weighted by Gasteiger charge is 2.20. The predicted molar refractivity (Wildman–Crippen MR) is 103 cm³/mol. The molecule has 25 heavy (non-hydrogen) atoms. The summed E-state index contributed by atoms with van der Waals surface area (Å²) in [5, 5.41) is 6.31. The zero-order valence-electron chi connectivity index (χ0n) is 15.1. The van der Waals surface area contributed by atoms with Crippen LogP contribution in [0.2, 0.25) is 0 Å². The molecule has 1 saturated heterocycles. The molecule has 2 N–H and O–H groups in total. The van der Waals surface area contributed by atoms with Crippen LogP contribution >= 0.6 is 12.4 Å². The third-order valence-corrected chi connectivity index (χ3v) is 4.19. The number of amides is 1. The van der Waals surface area contributed by atoms with Crippen LogP contribution in [-0.2, 0) is 20.9 Å². The summed E-state index contributed by atoms with van der Waals surface area (Å²) in [5.74, 6) is 0.241. The molecule has 1 aromatic carbocycles. The Labute approximate surface area is 157 Å². The van der Waals surface area contributed by atoms with Crippen LogP contribution in [0.1, 0.15) is 38.2 Å². The van der Waals surface area contributed by atoms with Crippen molar-refractivity contribution in [2.45, 2.75) is 39.2 Å². The quantitative estimate of drug-likeness (QED) is 0.620. The number of piperidine rings is 1. The minimum absolute atomic E-state index is 0. The average molecular weight is 371 g/mol. The highest BCUT2D eigenvalue weighted by atomic mass is 35.5. The molecule has 0 aromatic heterocycles. The van der Waals surface area contributed by atoms with Crippen LogP contribution in [0.25, 0.3) is 0 Å². The summed E-state index contributed by atoms with van der Waals surface area (Å²) >= 11 is 0. The molecule has 0 atom stereocenters. The van der Waals surface area contributed by atoms with E-state index < -0.39 is 0 Å². The van der Waals surface area contributed by atoms with E-state index in [1.807, 2.05) is 24.3 Å². The van der Waals surface area contributed by atoms with Gasteiger partial charge in [0, 0.05) is 18.2 Å². The lowest BCUT2D eigenvalue weighted by atomic mass is 9.97. The number of rotatable bonds is 10. The molecule has 1 heterocycles. The van der Waals surface area contributed by atoms with Crippen LogP contribution in [0.4, 0.5) is 5.69 Å². The molecule has 6 heteroatoms. The van der Waals surface area contributed by atoms with E-state index in [-0.39, 0.29) is 24.2 Å². The second-order valence-electron chi connectivity index (χ2n) is 6.23. The molecule has 1 fully saturated rings. The summed E-state index contributed by atoms with van der Waals surface area (Å²) in [7, 11) is 0. The van der Waals surface area contributed by atoms with Gasteiger partial charge < -0.3 is 20.1 Å². The molecule has 0 bridgehead atoms. The van der Waals surface area contributed by atoms with E-state index in [9.17, 15) is 4.79 Å². The van der Waals surface area contributed by atoms with Crippen molar-refractivity contribution in [3.05, 3.63) is 29.8 Å². The highest BCUT2D eigenvalue weighted by molar-refractivity contribution is 5.92. The number of hydrogen-bond acceptors (Lipinski definition) is 4. The number of anilines is 1. The molecular weight excluding hydrogens is 340 g/mol. The minimum Gasteiger partial charge on any atom is -0.379 e. The first-order chi connectivity index (χ1) is 11.8. The monoisotopic (exact) mass is 370 g/mol. The molecule has 1 aromatic rings. The second kappa shape index (κ2) is 13.1. The smallest absolute Gasteiger partial charge is 0.227 e. The number of halogens is 1. The van der Waals surface area contributed by atoms with E-state index in [2.05, 4.69) is 17.6 Å². The number of unbranched alkanes of at least 4 members (excludes halogenated alkanes) is 1. The van der Waals surface area contributed by atoms with Crippen molar-refractivity contribution < 1.29 is 14.3 Å². The number of carbonyl (C=O) groups excluding carboxylic acids is 1. The van der Waals surface area contributed by atoms with Crippen molar-refractivity contribution in [3.63, 3.8) is 0 Å². The van der Waals surface area contributed by atoms with Gasteiger partial charge >= 0.3 is 0 Å². The Bertz CT molecular complexity index is 493. The first-order valence-electron chi connectivity index (χ1n) is 9.05. The molecular formula is C19H31ClN2O3. The van der Waals surface area contributed by atoms with E-state index in [0.29, 0.717) is 19.8 Å². The Morgan fingerprint density at radius 3 is 2.72 bits per heavy atom. The standard InChI is InChI=1S/C19H30N2O3.ClH/c1-2-3-11-23-12-13-24-15-16-5-4-6-18(14-16)21-19(22)17-7-9-20-10-8-17;/h4-6,14,17,20H,2-3,7-13,15H2,1H3,(H,21,22);1H. The van der Waals surface area contributed by atoms with E-state index in [4.69, 9.17) is 9.47 Å². The van der Waals surface area contributed by atoms with Gasteiger partial charge in [0.2, 0.25) is 5.91 Å². The van der Waals surface area contributed by atoms with Gasteiger partial charge in [-0.1, -0.05) is 25.5 Å². The normalized spacial score (nSPS) is 14.8. The van der Waals surface area contributed by atoms with Gasteiger partial charge in [0.05, 0.1) is 19.8 Å². The Hall–Kier alpha value is -1.14. The van der Waals surface area contributed by atoms with Gasteiger partial charge in [-0.2, -0.15) is 0 Å². The highest BCUT2D eigenvalue weighted by Crippen LogP contribution is 2.17. The van der Waals surface area contributed by atoms with Crippen LogP contribution in [0, 0.1) is 5.92 Å². The SMILES string of the molecule is CCCCOCCOCc1cccc(NC(=O)C2CCNCC2)c1.Cl. The van der Waals surface area contributed by atoms with Gasteiger partial charge in [0.1, 0.15) is 0 Å². The predicted octanol–water partition coefficient (Wildman–Crippen LogP) is 3.38. The number of hydrogen-bond donors (Lipinski definition) is 2. The average Bonchev–Trinajstić information content (AvgIpc) is 2.62. The van der Waals surface area contributed by atoms with Crippen molar-refractivity contribution in [1.82, 2.24) is 5.32 Å². The van der Waals surface area contributed by atoms with Gasteiger partial charge in [0.25, 0.3) is 0 Å². The summed E-state index contributed by atoms with van der Waals surface area (Å²) in [6.45, 7) is 6.56. The van der Waals surface area contributed by atoms with Crippen LogP contribution in [0.5, 0.6) is 0 Å². The van der Waals surface area contributed by atoms with Crippen LogP contribution in [0.15, 0.2) is 24.3 Å². The maximum absolute atomic E-state index is 12.3. The van der Waals surface area contributed by atoms with E-state index >= 15 is 0 Å². The number of benzene rings is 1. The van der Waals surface area contributed by atoms with Gasteiger partial charge in [-0.05, 0) is 50.0 Å². The molecule has 5 nitrogen and oxygen atoms in total. The van der Waals surface area contributed by atoms with Crippen molar-refractivity contribution in [1.29, 1.82) is 0 Å². The van der Waals surface area contributed by atoms with Crippen molar-refractivity contribution >= 4 is 24.0 Å². The van der Waals surface area contributed by atoms with Crippen molar-refractivity contribution in [3.8, 4) is 0 Å². The fraction of sp³-hybridized carbons (Fsp3) is 0.632. The third kappa shape index (κ3) is 8.68. The zero-order valence-corrected chi connectivity index (χ0v) is 15.9. The van der Waals surface area contributed by atoms with Gasteiger partial charge in [-0.25, -0.2) is 0 Å². The first-order valence-corrected chi connectivity index (χ1v) is 9.05. The summed E-state index contributed by atoms with van der Waals surface area (Å²) in [6, 6.07) is 7.87. The molecule has 1 amide bonds. The molecule has 142 valence electrons. The Morgan fingerprint density at radius 1 is 1.20 bits per heavy atom. The van der Waals surface area contributed by atoms with Crippen LogP contribution < -0.4 is 10.6 Å². The van der Waals surface area contributed by atoms with Gasteiger partial charge in [-0.15, -0.1) is 12.4 Å². The molecule has 2 rings (SSSR count). The van der Waals surface area contributed by atoms with Crippen molar-refractivity contribution in [2.75, 3.05) is 38.2 Å². The summed E-state index contributed by atoms with van der Waals surface area (Å²) < 4.78 is 11.1. The molecule has 0 saturated carbocycles. The number of carbonyl (C=O) groups is 1. The lowest BCUT2D eigenvalue weighted by Gasteiger charge is -2.21. The lowest BCUT2D eigenvalue weighted by molar-refractivity contribution is -0.120. The molecule has 0 spiro atoms. The third-order valence-electron chi connectivity index (χ3n) is 4.19. The zero-order chi connectivity index (χ0) is 17.0. The van der Waals surface area contributed by atoms with Gasteiger partial charge in [-0.3, -0.25) is 4.79 Å². The Morgan fingerprint density at radius 2 is 1.96 bits per heavy atom. The fourth-order valence-electron chi connectivity index (χ4n) is 2.72. The Balaban J connectivity index is 0.00000312. The molecule has 1 aliphatic heterocycles. The summed E-state index contributed by atoms with van der Waals surface area (Å²) in [4.78, 5) is 12.3. The summed E-state index contributed by atoms with van der Waals surface area (Å²) in [5.41, 5.74) is 1.91. The topological polar surface area (TPSA) is 59.6 Å². The number of nitrogens with one attached hydrogen (secondary N) is 2. The van der Waals surface area contributed by atoms with E-state index in [1.54, 1.807) is 0 Å².